The summed E-state index contributed by atoms with van der Waals surface area (Å²) in [6.45, 7) is 0.494. The largest absolute Gasteiger partial charge is 0.375 e. The van der Waals surface area contributed by atoms with Gasteiger partial charge in [0.05, 0.1) is 6.54 Å². The second-order valence-corrected chi connectivity index (χ2v) is 6.74. The summed E-state index contributed by atoms with van der Waals surface area (Å²) < 4.78 is 0. The smallest absolute Gasteiger partial charge is 0.278 e. The Morgan fingerprint density at radius 3 is 1.84 bits per heavy atom. The standard InChI is InChI=1S/C18H13Cl3N2O2/c19-13-5-1-11(2-6-13)9-22-16-15(21)17(24)23(18(16)25)10-12-3-7-14(20)8-4-12/h1-8,22H,9-10H2. The summed E-state index contributed by atoms with van der Waals surface area (Å²) in [5.41, 5.74) is 1.81. The van der Waals surface area contributed by atoms with Gasteiger partial charge in [0.15, 0.2) is 0 Å². The lowest BCUT2D eigenvalue weighted by Gasteiger charge is -2.15. The van der Waals surface area contributed by atoms with Gasteiger partial charge in [-0.15, -0.1) is 0 Å². The molecular formula is C18H13Cl3N2O2. The number of rotatable bonds is 5. The summed E-state index contributed by atoms with van der Waals surface area (Å²) in [7, 11) is 0. The van der Waals surface area contributed by atoms with Crippen molar-refractivity contribution in [1.29, 1.82) is 0 Å². The molecule has 0 saturated carbocycles. The molecule has 7 heteroatoms. The third-order valence-corrected chi connectivity index (χ3v) is 4.60. The molecule has 3 rings (SSSR count). The molecule has 128 valence electrons. The van der Waals surface area contributed by atoms with E-state index in [-0.39, 0.29) is 17.3 Å². The zero-order valence-electron chi connectivity index (χ0n) is 12.9. The molecule has 1 heterocycles. The Hall–Kier alpha value is -2.01. The van der Waals surface area contributed by atoms with E-state index >= 15 is 0 Å². The molecule has 0 fully saturated rings. The molecule has 2 aromatic carbocycles. The van der Waals surface area contributed by atoms with Gasteiger partial charge in [0.25, 0.3) is 11.8 Å². The highest BCUT2D eigenvalue weighted by Crippen LogP contribution is 2.25. The van der Waals surface area contributed by atoms with Gasteiger partial charge in [0.1, 0.15) is 10.7 Å². The molecule has 1 N–H and O–H groups in total. The van der Waals surface area contributed by atoms with Crippen molar-refractivity contribution in [2.75, 3.05) is 0 Å². The molecule has 0 saturated heterocycles. The summed E-state index contributed by atoms with van der Waals surface area (Å²) in [6.07, 6.45) is 0. The molecule has 0 spiro atoms. The van der Waals surface area contributed by atoms with Crippen molar-refractivity contribution in [3.8, 4) is 0 Å². The second-order valence-electron chi connectivity index (χ2n) is 5.49. The first kappa shape index (κ1) is 17.8. The van der Waals surface area contributed by atoms with Gasteiger partial charge in [0, 0.05) is 16.6 Å². The summed E-state index contributed by atoms with van der Waals surface area (Å²) in [5, 5.41) is 4.05. The number of hydrogen-bond donors (Lipinski definition) is 1. The monoisotopic (exact) mass is 394 g/mol. The van der Waals surface area contributed by atoms with Crippen LogP contribution in [-0.2, 0) is 22.7 Å². The Balaban J connectivity index is 1.70. The van der Waals surface area contributed by atoms with E-state index in [4.69, 9.17) is 34.8 Å². The van der Waals surface area contributed by atoms with E-state index < -0.39 is 11.8 Å². The van der Waals surface area contributed by atoms with Crippen molar-refractivity contribution in [3.05, 3.63) is 80.4 Å². The molecule has 0 aliphatic carbocycles. The van der Waals surface area contributed by atoms with E-state index in [0.29, 0.717) is 16.6 Å². The first-order chi connectivity index (χ1) is 12.0. The van der Waals surface area contributed by atoms with Crippen LogP contribution in [0.15, 0.2) is 59.3 Å². The van der Waals surface area contributed by atoms with E-state index in [1.165, 1.54) is 0 Å². The quantitative estimate of drug-likeness (QED) is 0.775. The average molecular weight is 396 g/mol. The van der Waals surface area contributed by atoms with Gasteiger partial charge < -0.3 is 5.32 Å². The number of halogens is 3. The van der Waals surface area contributed by atoms with E-state index in [2.05, 4.69) is 5.32 Å². The van der Waals surface area contributed by atoms with Crippen molar-refractivity contribution in [1.82, 2.24) is 10.2 Å². The van der Waals surface area contributed by atoms with E-state index in [1.54, 1.807) is 36.4 Å². The fourth-order valence-corrected chi connectivity index (χ4v) is 2.91. The number of carbonyl (C=O) groups excluding carboxylic acids is 2. The molecule has 1 aliphatic heterocycles. The van der Waals surface area contributed by atoms with Crippen LogP contribution in [0.2, 0.25) is 10.0 Å². The van der Waals surface area contributed by atoms with Crippen LogP contribution >= 0.6 is 34.8 Å². The highest BCUT2D eigenvalue weighted by molar-refractivity contribution is 6.47. The van der Waals surface area contributed by atoms with Gasteiger partial charge in [-0.1, -0.05) is 59.1 Å². The number of amides is 2. The number of nitrogens with zero attached hydrogens (tertiary/aromatic N) is 1. The van der Waals surface area contributed by atoms with Crippen LogP contribution in [0.1, 0.15) is 11.1 Å². The number of hydrogen-bond acceptors (Lipinski definition) is 3. The Morgan fingerprint density at radius 1 is 0.760 bits per heavy atom. The molecule has 0 radical (unpaired) electrons. The molecule has 25 heavy (non-hydrogen) atoms. The molecule has 0 aromatic heterocycles. The van der Waals surface area contributed by atoms with Crippen LogP contribution in [0.5, 0.6) is 0 Å². The predicted molar refractivity (Wildman–Crippen MR) is 98.2 cm³/mol. The predicted octanol–water partition coefficient (Wildman–Crippen LogP) is 4.10. The third-order valence-electron chi connectivity index (χ3n) is 3.75. The molecule has 4 nitrogen and oxygen atoms in total. The zero-order valence-corrected chi connectivity index (χ0v) is 15.2. The molecular weight excluding hydrogens is 383 g/mol. The third kappa shape index (κ3) is 3.98. The fourth-order valence-electron chi connectivity index (χ4n) is 2.41. The minimum atomic E-state index is -0.514. The molecule has 0 unspecified atom stereocenters. The first-order valence-corrected chi connectivity index (χ1v) is 8.58. The maximum atomic E-state index is 12.5. The zero-order chi connectivity index (χ0) is 18.0. The number of imide groups is 1. The van der Waals surface area contributed by atoms with Gasteiger partial charge in [-0.05, 0) is 35.4 Å². The number of nitrogens with one attached hydrogen (secondary N) is 1. The molecule has 2 aromatic rings. The minimum absolute atomic E-state index is 0.104. The molecule has 2 amide bonds. The lowest BCUT2D eigenvalue weighted by molar-refractivity contribution is -0.138. The topological polar surface area (TPSA) is 49.4 Å². The Labute approximate surface area is 160 Å². The van der Waals surface area contributed by atoms with Crippen LogP contribution in [0.25, 0.3) is 0 Å². The Kier molecular flexibility index (Phi) is 5.33. The second kappa shape index (κ2) is 7.48. The lowest BCUT2D eigenvalue weighted by Crippen LogP contribution is -2.33. The number of benzene rings is 2. The van der Waals surface area contributed by atoms with E-state index in [1.807, 2.05) is 12.1 Å². The Morgan fingerprint density at radius 2 is 1.28 bits per heavy atom. The molecule has 0 bridgehead atoms. The fraction of sp³-hybridized carbons (Fsp3) is 0.111. The highest BCUT2D eigenvalue weighted by Gasteiger charge is 2.37. The van der Waals surface area contributed by atoms with Gasteiger partial charge in [-0.25, -0.2) is 0 Å². The van der Waals surface area contributed by atoms with E-state index in [0.717, 1.165) is 16.0 Å². The van der Waals surface area contributed by atoms with E-state index in [9.17, 15) is 9.59 Å². The van der Waals surface area contributed by atoms with Gasteiger partial charge >= 0.3 is 0 Å². The maximum Gasteiger partial charge on any atom is 0.278 e. The summed E-state index contributed by atoms with van der Waals surface area (Å²) in [4.78, 5) is 25.9. The summed E-state index contributed by atoms with van der Waals surface area (Å²) >= 11 is 17.8. The van der Waals surface area contributed by atoms with Crippen LogP contribution < -0.4 is 5.32 Å². The van der Waals surface area contributed by atoms with Crippen LogP contribution in [0.3, 0.4) is 0 Å². The minimum Gasteiger partial charge on any atom is -0.375 e. The molecule has 0 atom stereocenters. The summed E-state index contributed by atoms with van der Waals surface area (Å²) in [5.74, 6) is -0.959. The van der Waals surface area contributed by atoms with Crippen molar-refractivity contribution >= 4 is 46.6 Å². The van der Waals surface area contributed by atoms with Gasteiger partial charge in [0.2, 0.25) is 0 Å². The normalized spacial score (nSPS) is 14.4. The van der Waals surface area contributed by atoms with Crippen molar-refractivity contribution in [3.63, 3.8) is 0 Å². The molecule has 1 aliphatic rings. The van der Waals surface area contributed by atoms with Crippen molar-refractivity contribution in [2.45, 2.75) is 13.1 Å². The number of carbonyl (C=O) groups is 2. The van der Waals surface area contributed by atoms with Crippen LogP contribution in [0.4, 0.5) is 0 Å². The SMILES string of the molecule is O=C1C(Cl)=C(NCc2ccc(Cl)cc2)C(=O)N1Cc1ccc(Cl)cc1. The summed E-state index contributed by atoms with van der Waals surface area (Å²) in [6, 6.07) is 14.1. The first-order valence-electron chi connectivity index (χ1n) is 7.44. The van der Waals surface area contributed by atoms with Gasteiger partial charge in [-0.2, -0.15) is 0 Å². The van der Waals surface area contributed by atoms with Crippen LogP contribution in [-0.4, -0.2) is 16.7 Å². The van der Waals surface area contributed by atoms with Gasteiger partial charge in [-0.3, -0.25) is 14.5 Å². The van der Waals surface area contributed by atoms with Crippen LogP contribution in [0, 0.1) is 0 Å². The van der Waals surface area contributed by atoms with Crippen molar-refractivity contribution < 1.29 is 9.59 Å². The maximum absolute atomic E-state index is 12.5. The van der Waals surface area contributed by atoms with Crippen molar-refractivity contribution in [2.24, 2.45) is 0 Å². The lowest BCUT2D eigenvalue weighted by atomic mass is 10.2. The Bertz CT molecular complexity index is 846. The average Bonchev–Trinajstić information content (AvgIpc) is 2.80. The highest BCUT2D eigenvalue weighted by atomic mass is 35.5.